The standard InChI is InChI=1S/C25H31FN4O3/c1-18(2)17-30-23-15-22(25(31)27-8-3-9-29-10-12-32-13-11-29)24(14-19(23)16-28-30)33-21-6-4-20(26)5-7-21/h4-7,14-16,18H,3,8-13,17H2,1-2H3,(H,27,31). The van der Waals surface area contributed by atoms with Gasteiger partial charge in [0.15, 0.2) is 0 Å². The maximum atomic E-state index is 13.3. The third-order valence-electron chi connectivity index (χ3n) is 5.61. The highest BCUT2D eigenvalue weighted by Gasteiger charge is 2.18. The molecule has 1 aliphatic rings. The Morgan fingerprint density at radius 2 is 1.97 bits per heavy atom. The summed E-state index contributed by atoms with van der Waals surface area (Å²) in [5.41, 5.74) is 1.32. The van der Waals surface area contributed by atoms with Crippen molar-refractivity contribution < 1.29 is 18.7 Å². The number of aromatic nitrogens is 2. The van der Waals surface area contributed by atoms with Gasteiger partial charge in [0.05, 0.1) is 30.5 Å². The van der Waals surface area contributed by atoms with E-state index in [1.54, 1.807) is 18.3 Å². The number of halogens is 1. The summed E-state index contributed by atoms with van der Waals surface area (Å²) in [4.78, 5) is 15.5. The van der Waals surface area contributed by atoms with Gasteiger partial charge in [0.2, 0.25) is 0 Å². The smallest absolute Gasteiger partial charge is 0.255 e. The van der Waals surface area contributed by atoms with Gasteiger partial charge < -0.3 is 14.8 Å². The molecular weight excluding hydrogens is 423 g/mol. The van der Waals surface area contributed by atoms with Crippen molar-refractivity contribution in [1.82, 2.24) is 20.0 Å². The fraction of sp³-hybridized carbons (Fsp3) is 0.440. The van der Waals surface area contributed by atoms with Crippen molar-refractivity contribution >= 4 is 16.8 Å². The van der Waals surface area contributed by atoms with E-state index in [1.165, 1.54) is 12.1 Å². The Morgan fingerprint density at radius 3 is 2.70 bits per heavy atom. The van der Waals surface area contributed by atoms with Crippen molar-refractivity contribution in [3.05, 3.63) is 54.0 Å². The van der Waals surface area contributed by atoms with Gasteiger partial charge in [-0.2, -0.15) is 5.10 Å². The van der Waals surface area contributed by atoms with E-state index in [2.05, 4.69) is 29.2 Å². The van der Waals surface area contributed by atoms with Crippen molar-refractivity contribution in [3.8, 4) is 11.5 Å². The maximum Gasteiger partial charge on any atom is 0.255 e. The van der Waals surface area contributed by atoms with E-state index >= 15 is 0 Å². The molecule has 0 atom stereocenters. The summed E-state index contributed by atoms with van der Waals surface area (Å²) < 4.78 is 26.6. The lowest BCUT2D eigenvalue weighted by molar-refractivity contribution is 0.0374. The van der Waals surface area contributed by atoms with E-state index in [0.29, 0.717) is 29.5 Å². The first-order chi connectivity index (χ1) is 16.0. The summed E-state index contributed by atoms with van der Waals surface area (Å²) in [5.74, 6) is 0.760. The minimum atomic E-state index is -0.342. The first-order valence-electron chi connectivity index (χ1n) is 11.5. The van der Waals surface area contributed by atoms with Crippen LogP contribution in [0.1, 0.15) is 30.6 Å². The number of carbonyl (C=O) groups excluding carboxylic acids is 1. The van der Waals surface area contributed by atoms with Gasteiger partial charge in [0.25, 0.3) is 5.91 Å². The van der Waals surface area contributed by atoms with Crippen molar-refractivity contribution in [3.63, 3.8) is 0 Å². The number of amides is 1. The van der Waals surface area contributed by atoms with Crippen LogP contribution < -0.4 is 10.1 Å². The van der Waals surface area contributed by atoms with Crippen LogP contribution in [-0.4, -0.2) is 60.0 Å². The number of ether oxygens (including phenoxy) is 2. The topological polar surface area (TPSA) is 68.6 Å². The van der Waals surface area contributed by atoms with Crippen LogP contribution in [0, 0.1) is 11.7 Å². The molecule has 1 saturated heterocycles. The molecule has 1 fully saturated rings. The molecule has 0 unspecified atom stereocenters. The molecule has 33 heavy (non-hydrogen) atoms. The Hall–Kier alpha value is -2.97. The first-order valence-corrected chi connectivity index (χ1v) is 11.5. The highest BCUT2D eigenvalue weighted by molar-refractivity contribution is 6.01. The fourth-order valence-electron chi connectivity index (χ4n) is 3.91. The van der Waals surface area contributed by atoms with Gasteiger partial charge in [-0.3, -0.25) is 14.4 Å². The summed E-state index contributed by atoms with van der Waals surface area (Å²) in [6.07, 6.45) is 2.63. The molecule has 0 aliphatic carbocycles. The molecule has 0 bridgehead atoms. The van der Waals surface area contributed by atoms with Gasteiger partial charge in [-0.1, -0.05) is 13.8 Å². The van der Waals surface area contributed by atoms with Crippen LogP contribution in [0.4, 0.5) is 4.39 Å². The summed E-state index contributed by atoms with van der Waals surface area (Å²) in [5, 5.41) is 8.40. The number of rotatable bonds is 9. The van der Waals surface area contributed by atoms with Crippen LogP contribution in [0.25, 0.3) is 10.9 Å². The molecule has 0 spiro atoms. The number of nitrogens with one attached hydrogen (secondary N) is 1. The number of nitrogens with zero attached hydrogens (tertiary/aromatic N) is 3. The molecule has 3 aromatic rings. The molecule has 176 valence electrons. The van der Waals surface area contributed by atoms with Crippen molar-refractivity contribution in [2.75, 3.05) is 39.4 Å². The molecule has 1 amide bonds. The normalized spacial score (nSPS) is 14.7. The minimum Gasteiger partial charge on any atom is -0.457 e. The third kappa shape index (κ3) is 6.09. The van der Waals surface area contributed by atoms with Crippen molar-refractivity contribution in [1.29, 1.82) is 0 Å². The zero-order valence-corrected chi connectivity index (χ0v) is 19.2. The van der Waals surface area contributed by atoms with E-state index < -0.39 is 0 Å². The molecular formula is C25H31FN4O3. The van der Waals surface area contributed by atoms with E-state index in [1.807, 2.05) is 16.8 Å². The zero-order valence-electron chi connectivity index (χ0n) is 19.2. The Bertz CT molecular complexity index is 1080. The molecule has 2 heterocycles. The summed E-state index contributed by atoms with van der Waals surface area (Å²) in [6, 6.07) is 9.42. The molecule has 4 rings (SSSR count). The number of carbonyl (C=O) groups is 1. The molecule has 1 aromatic heterocycles. The number of hydrogen-bond donors (Lipinski definition) is 1. The fourth-order valence-corrected chi connectivity index (χ4v) is 3.91. The van der Waals surface area contributed by atoms with Gasteiger partial charge in [0.1, 0.15) is 17.3 Å². The predicted molar refractivity (Wildman–Crippen MR) is 125 cm³/mol. The second-order valence-corrected chi connectivity index (χ2v) is 8.75. The SMILES string of the molecule is CC(C)Cn1ncc2cc(Oc3ccc(F)cc3)c(C(=O)NCCCN3CCOCC3)cc21. The summed E-state index contributed by atoms with van der Waals surface area (Å²) >= 11 is 0. The van der Waals surface area contributed by atoms with E-state index in [0.717, 1.165) is 56.7 Å². The van der Waals surface area contributed by atoms with Gasteiger partial charge in [0, 0.05) is 31.6 Å². The number of fused-ring (bicyclic) bond motifs is 1. The van der Waals surface area contributed by atoms with Gasteiger partial charge in [-0.15, -0.1) is 0 Å². The monoisotopic (exact) mass is 454 g/mol. The molecule has 0 radical (unpaired) electrons. The Balaban J connectivity index is 1.52. The van der Waals surface area contributed by atoms with Crippen LogP contribution in [-0.2, 0) is 11.3 Å². The minimum absolute atomic E-state index is 0.201. The molecule has 1 aliphatic heterocycles. The third-order valence-corrected chi connectivity index (χ3v) is 5.61. The number of hydrogen-bond acceptors (Lipinski definition) is 5. The van der Waals surface area contributed by atoms with Crippen molar-refractivity contribution in [2.45, 2.75) is 26.8 Å². The lowest BCUT2D eigenvalue weighted by Crippen LogP contribution is -2.38. The molecule has 7 nitrogen and oxygen atoms in total. The Kier molecular flexibility index (Phi) is 7.57. The highest BCUT2D eigenvalue weighted by Crippen LogP contribution is 2.30. The molecule has 0 saturated carbocycles. The number of benzene rings is 2. The first kappa shape index (κ1) is 23.2. The average Bonchev–Trinajstić information content (AvgIpc) is 3.19. The van der Waals surface area contributed by atoms with Crippen LogP contribution in [0.15, 0.2) is 42.6 Å². The van der Waals surface area contributed by atoms with E-state index in [9.17, 15) is 9.18 Å². The largest absolute Gasteiger partial charge is 0.457 e. The number of morpholine rings is 1. The summed E-state index contributed by atoms with van der Waals surface area (Å²) in [7, 11) is 0. The second-order valence-electron chi connectivity index (χ2n) is 8.75. The molecule has 1 N–H and O–H groups in total. The Morgan fingerprint density at radius 1 is 1.21 bits per heavy atom. The average molecular weight is 455 g/mol. The lowest BCUT2D eigenvalue weighted by Gasteiger charge is -2.26. The van der Waals surface area contributed by atoms with Crippen LogP contribution in [0.5, 0.6) is 11.5 Å². The highest BCUT2D eigenvalue weighted by atomic mass is 19.1. The maximum absolute atomic E-state index is 13.3. The van der Waals surface area contributed by atoms with Crippen LogP contribution in [0.2, 0.25) is 0 Å². The quantitative estimate of drug-likeness (QED) is 0.494. The van der Waals surface area contributed by atoms with Crippen molar-refractivity contribution in [2.24, 2.45) is 5.92 Å². The Labute approximate surface area is 193 Å². The van der Waals surface area contributed by atoms with E-state index in [-0.39, 0.29) is 11.7 Å². The predicted octanol–water partition coefficient (Wildman–Crippen LogP) is 4.08. The molecule has 8 heteroatoms. The zero-order chi connectivity index (χ0) is 23.2. The molecule has 2 aromatic carbocycles. The van der Waals surface area contributed by atoms with Crippen LogP contribution in [0.3, 0.4) is 0 Å². The van der Waals surface area contributed by atoms with Crippen LogP contribution >= 0.6 is 0 Å². The van der Waals surface area contributed by atoms with Gasteiger partial charge in [-0.25, -0.2) is 4.39 Å². The summed E-state index contributed by atoms with van der Waals surface area (Å²) in [6.45, 7) is 9.88. The lowest BCUT2D eigenvalue weighted by atomic mass is 10.1. The van der Waals surface area contributed by atoms with Gasteiger partial charge >= 0.3 is 0 Å². The van der Waals surface area contributed by atoms with Gasteiger partial charge in [-0.05, 0) is 55.3 Å². The van der Waals surface area contributed by atoms with E-state index in [4.69, 9.17) is 9.47 Å². The second kappa shape index (κ2) is 10.8.